The standard InChI is InChI=1S/C25H26Cl2F3NO3/c1-14(25(28,29)30)22(15-3-6-18(26)7-4-15)23(34)31-20-11-16(5-8-19(20)27)17(12-21(32)33)13-24(2)9-10-24/h3-8,11,14,17,22H,9-10,12-13H2,1-2H3,(H,31,34)(H,32,33)/t14-,17?,22+/m1/s1. The van der Waals surface area contributed by atoms with Crippen molar-refractivity contribution in [2.45, 2.75) is 57.5 Å². The molecule has 1 unspecified atom stereocenters. The van der Waals surface area contributed by atoms with E-state index in [2.05, 4.69) is 12.2 Å². The van der Waals surface area contributed by atoms with Gasteiger partial charge >= 0.3 is 12.1 Å². The number of hydrogen-bond donors (Lipinski definition) is 2. The molecule has 2 aromatic rings. The van der Waals surface area contributed by atoms with Crippen molar-refractivity contribution in [1.29, 1.82) is 0 Å². The molecular weight excluding hydrogens is 490 g/mol. The number of anilines is 1. The number of nitrogens with one attached hydrogen (secondary N) is 1. The Balaban J connectivity index is 1.91. The van der Waals surface area contributed by atoms with Crippen LogP contribution in [0.3, 0.4) is 0 Å². The van der Waals surface area contributed by atoms with Crippen molar-refractivity contribution in [1.82, 2.24) is 0 Å². The van der Waals surface area contributed by atoms with E-state index in [1.165, 1.54) is 30.3 Å². The number of amides is 1. The number of carbonyl (C=O) groups excluding carboxylic acids is 1. The molecule has 0 aromatic heterocycles. The molecule has 0 heterocycles. The zero-order valence-electron chi connectivity index (χ0n) is 18.8. The molecule has 3 atom stereocenters. The number of benzene rings is 2. The summed E-state index contributed by atoms with van der Waals surface area (Å²) in [5, 5.41) is 12.4. The van der Waals surface area contributed by atoms with Crippen LogP contribution in [0.15, 0.2) is 42.5 Å². The second-order valence-electron chi connectivity index (χ2n) is 9.40. The van der Waals surface area contributed by atoms with Crippen molar-refractivity contribution in [3.63, 3.8) is 0 Å². The molecule has 2 aromatic carbocycles. The summed E-state index contributed by atoms with van der Waals surface area (Å²) in [6, 6.07) is 10.5. The Morgan fingerprint density at radius 2 is 1.68 bits per heavy atom. The first-order chi connectivity index (χ1) is 15.8. The second kappa shape index (κ2) is 10.2. The van der Waals surface area contributed by atoms with Crippen LogP contribution in [0.2, 0.25) is 10.0 Å². The minimum atomic E-state index is -4.61. The van der Waals surface area contributed by atoms with Crippen LogP contribution in [0.25, 0.3) is 0 Å². The quantitative estimate of drug-likeness (QED) is 0.360. The Morgan fingerprint density at radius 1 is 1.09 bits per heavy atom. The smallest absolute Gasteiger partial charge is 0.392 e. The minimum absolute atomic E-state index is 0.0744. The van der Waals surface area contributed by atoms with Crippen molar-refractivity contribution in [3.8, 4) is 0 Å². The van der Waals surface area contributed by atoms with E-state index in [4.69, 9.17) is 23.2 Å². The van der Waals surface area contributed by atoms with E-state index in [-0.39, 0.29) is 34.0 Å². The lowest BCUT2D eigenvalue weighted by Gasteiger charge is -2.26. The molecule has 1 saturated carbocycles. The maximum absolute atomic E-state index is 13.6. The van der Waals surface area contributed by atoms with Crippen molar-refractivity contribution >= 4 is 40.8 Å². The molecule has 1 fully saturated rings. The number of carbonyl (C=O) groups is 2. The first-order valence-electron chi connectivity index (χ1n) is 10.9. The summed E-state index contributed by atoms with van der Waals surface area (Å²) in [6.07, 6.45) is -2.02. The van der Waals surface area contributed by atoms with Gasteiger partial charge in [0.25, 0.3) is 0 Å². The second-order valence-corrected chi connectivity index (χ2v) is 10.2. The largest absolute Gasteiger partial charge is 0.481 e. The zero-order chi connectivity index (χ0) is 25.3. The highest BCUT2D eigenvalue weighted by Gasteiger charge is 2.45. The maximum atomic E-state index is 13.6. The topological polar surface area (TPSA) is 66.4 Å². The Morgan fingerprint density at radius 3 is 2.21 bits per heavy atom. The van der Waals surface area contributed by atoms with Gasteiger partial charge in [-0.15, -0.1) is 0 Å². The fraction of sp³-hybridized carbons (Fsp3) is 0.440. The molecule has 1 aliphatic carbocycles. The number of carboxylic acid groups (broad SMARTS) is 1. The molecule has 0 saturated heterocycles. The first-order valence-corrected chi connectivity index (χ1v) is 11.7. The van der Waals surface area contributed by atoms with E-state index < -0.39 is 29.9 Å². The van der Waals surface area contributed by atoms with E-state index >= 15 is 0 Å². The van der Waals surface area contributed by atoms with Crippen LogP contribution in [0.5, 0.6) is 0 Å². The highest BCUT2D eigenvalue weighted by atomic mass is 35.5. The number of halogens is 5. The van der Waals surface area contributed by atoms with Gasteiger partial charge in [0.2, 0.25) is 5.91 Å². The Bertz CT molecular complexity index is 1050. The third-order valence-corrected chi connectivity index (χ3v) is 7.09. The summed E-state index contributed by atoms with van der Waals surface area (Å²) in [6.45, 7) is 3.05. The van der Waals surface area contributed by atoms with Crippen LogP contribution < -0.4 is 5.32 Å². The lowest BCUT2D eigenvalue weighted by atomic mass is 9.85. The van der Waals surface area contributed by atoms with Crippen LogP contribution in [0.1, 0.15) is 62.5 Å². The van der Waals surface area contributed by atoms with Crippen LogP contribution in [0, 0.1) is 11.3 Å². The molecule has 4 nitrogen and oxygen atoms in total. The molecule has 1 aliphatic rings. The van der Waals surface area contributed by atoms with E-state index in [1.807, 2.05) is 0 Å². The molecule has 9 heteroatoms. The number of carboxylic acids is 1. The van der Waals surface area contributed by atoms with E-state index in [9.17, 15) is 27.9 Å². The molecule has 0 radical (unpaired) electrons. The fourth-order valence-corrected chi connectivity index (χ4v) is 4.45. The minimum Gasteiger partial charge on any atom is -0.481 e. The number of hydrogen-bond acceptors (Lipinski definition) is 2. The molecule has 0 bridgehead atoms. The van der Waals surface area contributed by atoms with Crippen molar-refractivity contribution < 1.29 is 27.9 Å². The highest BCUT2D eigenvalue weighted by molar-refractivity contribution is 6.33. The van der Waals surface area contributed by atoms with Gasteiger partial charge in [0.1, 0.15) is 0 Å². The van der Waals surface area contributed by atoms with Gasteiger partial charge in [0.15, 0.2) is 0 Å². The summed E-state index contributed by atoms with van der Waals surface area (Å²) < 4.78 is 40.8. The maximum Gasteiger partial charge on any atom is 0.392 e. The molecular formula is C25H26Cl2F3NO3. The van der Waals surface area contributed by atoms with E-state index in [0.29, 0.717) is 17.0 Å². The third kappa shape index (κ3) is 6.66. The lowest BCUT2D eigenvalue weighted by molar-refractivity contribution is -0.178. The van der Waals surface area contributed by atoms with Gasteiger partial charge in [-0.05, 0) is 66.0 Å². The molecule has 2 N–H and O–H groups in total. The van der Waals surface area contributed by atoms with Gasteiger partial charge in [-0.25, -0.2) is 0 Å². The van der Waals surface area contributed by atoms with E-state index in [0.717, 1.165) is 19.8 Å². The Hall–Kier alpha value is -2.25. The van der Waals surface area contributed by atoms with Crippen molar-refractivity contribution in [2.24, 2.45) is 11.3 Å². The molecule has 0 spiro atoms. The predicted octanol–water partition coefficient (Wildman–Crippen LogP) is 7.66. The average molecular weight is 516 g/mol. The number of rotatable bonds is 9. The summed E-state index contributed by atoms with van der Waals surface area (Å²) in [4.78, 5) is 24.6. The van der Waals surface area contributed by atoms with Crippen LogP contribution in [-0.2, 0) is 9.59 Å². The van der Waals surface area contributed by atoms with Crippen LogP contribution >= 0.6 is 23.2 Å². The number of alkyl halides is 3. The third-order valence-electron chi connectivity index (χ3n) is 6.51. The van der Waals surface area contributed by atoms with Crippen molar-refractivity contribution in [2.75, 3.05) is 5.32 Å². The normalized spacial score (nSPS) is 17.5. The highest BCUT2D eigenvalue weighted by Crippen LogP contribution is 2.52. The van der Waals surface area contributed by atoms with Crippen LogP contribution in [-0.4, -0.2) is 23.2 Å². The van der Waals surface area contributed by atoms with Gasteiger partial charge in [0, 0.05) is 5.02 Å². The van der Waals surface area contributed by atoms with Gasteiger partial charge in [-0.3, -0.25) is 9.59 Å². The van der Waals surface area contributed by atoms with Crippen molar-refractivity contribution in [3.05, 3.63) is 63.6 Å². The van der Waals surface area contributed by atoms with Gasteiger partial charge in [-0.2, -0.15) is 13.2 Å². The Kier molecular flexibility index (Phi) is 7.88. The zero-order valence-corrected chi connectivity index (χ0v) is 20.3. The molecule has 34 heavy (non-hydrogen) atoms. The number of aliphatic carboxylic acids is 1. The SMILES string of the molecule is C[C@H]([C@H](C(=O)Nc1cc(C(CC(=O)O)CC2(C)CC2)ccc1Cl)c1ccc(Cl)cc1)C(F)(F)F. The van der Waals surface area contributed by atoms with Gasteiger partial charge < -0.3 is 10.4 Å². The molecule has 0 aliphatic heterocycles. The van der Waals surface area contributed by atoms with Crippen LogP contribution in [0.4, 0.5) is 18.9 Å². The summed E-state index contributed by atoms with van der Waals surface area (Å²) in [5.74, 6) is -5.62. The molecule has 1 amide bonds. The summed E-state index contributed by atoms with van der Waals surface area (Å²) in [7, 11) is 0. The summed E-state index contributed by atoms with van der Waals surface area (Å²) >= 11 is 12.1. The molecule has 3 rings (SSSR count). The van der Waals surface area contributed by atoms with Gasteiger partial charge in [-0.1, -0.05) is 55.2 Å². The molecule has 184 valence electrons. The van der Waals surface area contributed by atoms with Gasteiger partial charge in [0.05, 0.1) is 29.0 Å². The Labute approximate surface area is 206 Å². The monoisotopic (exact) mass is 515 g/mol. The fourth-order valence-electron chi connectivity index (χ4n) is 4.16. The average Bonchev–Trinajstić information content (AvgIpc) is 3.46. The summed E-state index contributed by atoms with van der Waals surface area (Å²) in [5.41, 5.74) is 1.06. The first kappa shape index (κ1) is 26.4. The lowest BCUT2D eigenvalue weighted by Crippen LogP contribution is -2.34. The van der Waals surface area contributed by atoms with E-state index in [1.54, 1.807) is 12.1 Å². The predicted molar refractivity (Wildman–Crippen MR) is 126 cm³/mol.